The second-order valence-corrected chi connectivity index (χ2v) is 8.96. The third-order valence-corrected chi connectivity index (χ3v) is 6.09. The number of halogens is 4. The average molecular weight is 542 g/mol. The molecule has 9 nitrogen and oxygen atoms in total. The number of alkyl halides is 3. The minimum absolute atomic E-state index is 0.0645. The number of nitrogens with zero attached hydrogens (tertiary/aromatic N) is 4. The zero-order valence-electron chi connectivity index (χ0n) is 20.9. The number of nitrogens with two attached hydrogens (primary N) is 2. The van der Waals surface area contributed by atoms with Gasteiger partial charge in [0.2, 0.25) is 5.91 Å². The molecule has 4 rings (SSSR count). The summed E-state index contributed by atoms with van der Waals surface area (Å²) in [6, 6.07) is 9.23. The minimum Gasteiger partial charge on any atom is -0.366 e. The number of fused-ring (bicyclic) bond motifs is 1. The second-order valence-electron chi connectivity index (χ2n) is 8.96. The molecule has 0 aliphatic heterocycles. The Kier molecular flexibility index (Phi) is 6.85. The summed E-state index contributed by atoms with van der Waals surface area (Å²) >= 11 is 0. The molecule has 0 atom stereocenters. The van der Waals surface area contributed by atoms with Crippen LogP contribution in [0.4, 0.5) is 17.6 Å². The summed E-state index contributed by atoms with van der Waals surface area (Å²) in [5.74, 6) is -3.43. The molecule has 202 valence electrons. The van der Waals surface area contributed by atoms with Gasteiger partial charge in [-0.25, -0.2) is 9.37 Å². The summed E-state index contributed by atoms with van der Waals surface area (Å²) in [6.45, 7) is 1.18. The normalized spacial score (nSPS) is 11.6. The van der Waals surface area contributed by atoms with Crippen LogP contribution < -0.4 is 11.5 Å². The van der Waals surface area contributed by atoms with Crippen LogP contribution in [0.5, 0.6) is 0 Å². The van der Waals surface area contributed by atoms with Crippen molar-refractivity contribution in [1.82, 2.24) is 19.7 Å². The predicted octanol–water partition coefficient (Wildman–Crippen LogP) is 3.51. The number of rotatable bonds is 6. The highest BCUT2D eigenvalue weighted by Crippen LogP contribution is 2.42. The van der Waals surface area contributed by atoms with E-state index in [2.05, 4.69) is 10.1 Å². The van der Waals surface area contributed by atoms with Gasteiger partial charge in [-0.05, 0) is 36.8 Å². The van der Waals surface area contributed by atoms with E-state index in [1.165, 1.54) is 24.0 Å². The van der Waals surface area contributed by atoms with Crippen molar-refractivity contribution < 1.29 is 31.9 Å². The molecule has 4 N–H and O–H groups in total. The van der Waals surface area contributed by atoms with E-state index < -0.39 is 51.9 Å². The molecule has 2 aromatic carbocycles. The van der Waals surface area contributed by atoms with Crippen molar-refractivity contribution in [2.45, 2.75) is 19.6 Å². The van der Waals surface area contributed by atoms with Crippen molar-refractivity contribution in [1.29, 1.82) is 0 Å². The van der Waals surface area contributed by atoms with E-state index in [4.69, 9.17) is 11.5 Å². The van der Waals surface area contributed by atoms with Crippen LogP contribution in [0.1, 0.15) is 48.2 Å². The lowest BCUT2D eigenvalue weighted by atomic mass is 9.92. The van der Waals surface area contributed by atoms with E-state index in [1.54, 1.807) is 26.2 Å². The van der Waals surface area contributed by atoms with Gasteiger partial charge in [-0.1, -0.05) is 12.1 Å². The number of hydrogen-bond acceptors (Lipinski definition) is 5. The van der Waals surface area contributed by atoms with Crippen LogP contribution in [0.2, 0.25) is 0 Å². The first-order valence-electron chi connectivity index (χ1n) is 11.4. The van der Waals surface area contributed by atoms with E-state index in [9.17, 15) is 31.9 Å². The van der Waals surface area contributed by atoms with Gasteiger partial charge in [0.05, 0.1) is 17.6 Å². The van der Waals surface area contributed by atoms with E-state index >= 15 is 0 Å². The van der Waals surface area contributed by atoms with E-state index in [-0.39, 0.29) is 29.0 Å². The quantitative estimate of drug-likeness (QED) is 0.359. The van der Waals surface area contributed by atoms with Gasteiger partial charge in [0.25, 0.3) is 11.8 Å². The Labute approximate surface area is 219 Å². The highest BCUT2D eigenvalue weighted by molar-refractivity contribution is 6.15. The fraction of sp³-hybridized carbons (Fsp3) is 0.192. The molecule has 0 saturated heterocycles. The van der Waals surface area contributed by atoms with E-state index in [1.807, 2.05) is 0 Å². The van der Waals surface area contributed by atoms with Crippen LogP contribution in [0.3, 0.4) is 0 Å². The van der Waals surface area contributed by atoms with Gasteiger partial charge in [-0.3, -0.25) is 19.1 Å². The van der Waals surface area contributed by atoms with Crippen molar-refractivity contribution in [2.75, 3.05) is 14.1 Å². The van der Waals surface area contributed by atoms with Crippen molar-refractivity contribution in [2.24, 2.45) is 11.5 Å². The van der Waals surface area contributed by atoms with Crippen molar-refractivity contribution in [3.8, 4) is 11.1 Å². The molecular weight excluding hydrogens is 520 g/mol. The molecule has 2 aromatic heterocycles. The first-order valence-corrected chi connectivity index (χ1v) is 11.4. The number of aromatic nitrogens is 3. The zero-order valence-corrected chi connectivity index (χ0v) is 20.9. The molecule has 4 aromatic rings. The van der Waals surface area contributed by atoms with Crippen LogP contribution in [-0.4, -0.2) is 51.5 Å². The summed E-state index contributed by atoms with van der Waals surface area (Å²) in [5, 5.41) is 3.69. The topological polar surface area (TPSA) is 137 Å². The number of carbonyl (C=O) groups excluding carboxylic acids is 3. The lowest BCUT2D eigenvalue weighted by Gasteiger charge is -2.16. The van der Waals surface area contributed by atoms with Gasteiger partial charge < -0.3 is 16.4 Å². The molecule has 0 fully saturated rings. The first kappa shape index (κ1) is 27.2. The van der Waals surface area contributed by atoms with Crippen LogP contribution in [0.15, 0.2) is 42.5 Å². The Bertz CT molecular complexity index is 1640. The second kappa shape index (κ2) is 9.82. The summed E-state index contributed by atoms with van der Waals surface area (Å²) in [5.41, 5.74) is 7.97. The molecular formula is C26H22F4N6O3. The third-order valence-electron chi connectivity index (χ3n) is 6.09. The summed E-state index contributed by atoms with van der Waals surface area (Å²) in [4.78, 5) is 42.5. The summed E-state index contributed by atoms with van der Waals surface area (Å²) in [7, 11) is 3.17. The Morgan fingerprint density at radius 2 is 1.62 bits per heavy atom. The lowest BCUT2D eigenvalue weighted by molar-refractivity contribution is -0.141. The molecule has 13 heteroatoms. The van der Waals surface area contributed by atoms with Crippen molar-refractivity contribution >= 4 is 28.6 Å². The molecule has 2 heterocycles. The number of amides is 3. The molecule has 0 radical (unpaired) electrons. The largest absolute Gasteiger partial charge is 0.435 e. The van der Waals surface area contributed by atoms with Crippen LogP contribution in [-0.2, 0) is 12.7 Å². The lowest BCUT2D eigenvalue weighted by Crippen LogP contribution is -2.21. The smallest absolute Gasteiger partial charge is 0.366 e. The van der Waals surface area contributed by atoms with Gasteiger partial charge in [0.1, 0.15) is 11.5 Å². The summed E-state index contributed by atoms with van der Waals surface area (Å²) in [6.07, 6.45) is -5.02. The van der Waals surface area contributed by atoms with Crippen LogP contribution in [0, 0.1) is 12.7 Å². The first-order chi connectivity index (χ1) is 18.2. The maximum Gasteiger partial charge on any atom is 0.435 e. The van der Waals surface area contributed by atoms with E-state index in [0.29, 0.717) is 11.1 Å². The highest BCUT2D eigenvalue weighted by Gasteiger charge is 2.41. The van der Waals surface area contributed by atoms with Gasteiger partial charge in [-0.15, -0.1) is 0 Å². The monoisotopic (exact) mass is 542 g/mol. The van der Waals surface area contributed by atoms with Crippen LogP contribution in [0.25, 0.3) is 22.0 Å². The fourth-order valence-electron chi connectivity index (χ4n) is 4.30. The highest BCUT2D eigenvalue weighted by atomic mass is 19.4. The molecule has 0 aliphatic rings. The van der Waals surface area contributed by atoms with Gasteiger partial charge in [0.15, 0.2) is 5.69 Å². The Morgan fingerprint density at radius 3 is 2.15 bits per heavy atom. The molecule has 39 heavy (non-hydrogen) atoms. The average Bonchev–Trinajstić information content (AvgIpc) is 3.18. The number of primary amides is 2. The van der Waals surface area contributed by atoms with Gasteiger partial charge >= 0.3 is 6.18 Å². The fourth-order valence-corrected chi connectivity index (χ4v) is 4.30. The minimum atomic E-state index is -5.02. The SMILES string of the molecule is Cc1c(-c2c(C(N)=O)nc3cc(F)ccc3c2C(N)=O)c(C(F)(F)F)nn1Cc1ccc(C(=O)N(C)C)cc1. The van der Waals surface area contributed by atoms with Crippen molar-refractivity contribution in [3.05, 3.63) is 82.1 Å². The van der Waals surface area contributed by atoms with Gasteiger partial charge in [0, 0.05) is 47.9 Å². The molecule has 0 unspecified atom stereocenters. The molecule has 0 bridgehead atoms. The Hall–Kier alpha value is -4.81. The number of carbonyl (C=O) groups is 3. The number of pyridine rings is 1. The Morgan fingerprint density at radius 1 is 0.974 bits per heavy atom. The number of benzene rings is 2. The van der Waals surface area contributed by atoms with E-state index in [0.717, 1.165) is 22.9 Å². The predicted molar refractivity (Wildman–Crippen MR) is 133 cm³/mol. The molecule has 3 amide bonds. The standard InChI is InChI=1S/C26H22F4N6O3/c1-12-18(20-19(23(31)37)16-9-8-15(27)10-17(16)33-21(20)24(32)38)22(26(28,29)30)34-36(12)11-13-4-6-14(7-5-13)25(39)35(2)3/h4-10H,11H2,1-3H3,(H2,31,37)(H2,32,38). The van der Waals surface area contributed by atoms with Crippen LogP contribution >= 0.6 is 0 Å². The third kappa shape index (κ3) is 5.02. The molecule has 0 aliphatic carbocycles. The van der Waals surface area contributed by atoms with Crippen molar-refractivity contribution in [3.63, 3.8) is 0 Å². The maximum atomic E-state index is 14.3. The number of hydrogen-bond donors (Lipinski definition) is 2. The Balaban J connectivity index is 1.98. The molecule has 0 saturated carbocycles. The zero-order chi connectivity index (χ0) is 28.8. The van der Waals surface area contributed by atoms with Gasteiger partial charge in [-0.2, -0.15) is 18.3 Å². The maximum absolute atomic E-state index is 14.3. The molecule has 0 spiro atoms. The summed E-state index contributed by atoms with van der Waals surface area (Å²) < 4.78 is 57.8.